The molecule has 0 spiro atoms. The maximum atomic E-state index is 10.5. The van der Waals surface area contributed by atoms with Gasteiger partial charge in [-0.1, -0.05) is 18.2 Å². The fourth-order valence-corrected chi connectivity index (χ4v) is 2.72. The molecule has 18 heavy (non-hydrogen) atoms. The van der Waals surface area contributed by atoms with Crippen molar-refractivity contribution >= 4 is 17.7 Å². The molecular formula is C10H17N5O2S. The molecule has 7 nitrogen and oxygen atoms in total. The monoisotopic (exact) mass is 271 g/mol. The van der Waals surface area contributed by atoms with E-state index in [4.69, 9.17) is 5.11 Å². The quantitative estimate of drug-likeness (QED) is 0.773. The van der Waals surface area contributed by atoms with Crippen LogP contribution < -0.4 is 0 Å². The Hall–Kier alpha value is -1.15. The molecule has 0 radical (unpaired) electrons. The average molecular weight is 271 g/mol. The Bertz CT molecular complexity index is 411. The third kappa shape index (κ3) is 3.42. The van der Waals surface area contributed by atoms with Crippen molar-refractivity contribution in [3.05, 3.63) is 0 Å². The number of carbonyl (C=O) groups is 1. The van der Waals surface area contributed by atoms with Crippen LogP contribution in [0.15, 0.2) is 5.16 Å². The summed E-state index contributed by atoms with van der Waals surface area (Å²) in [5.41, 5.74) is 0. The molecule has 0 bridgehead atoms. The Balaban J connectivity index is 1.96. The first-order chi connectivity index (χ1) is 8.66. The second kappa shape index (κ2) is 6.14. The summed E-state index contributed by atoms with van der Waals surface area (Å²) in [4.78, 5) is 12.9. The molecule has 1 fully saturated rings. The molecule has 1 aliphatic rings. The maximum absolute atomic E-state index is 10.5. The number of thioether (sulfide) groups is 1. The topological polar surface area (TPSA) is 84.1 Å². The molecule has 1 aromatic rings. The minimum Gasteiger partial charge on any atom is -0.481 e. The first-order valence-corrected chi connectivity index (χ1v) is 6.96. The first kappa shape index (κ1) is 13.3. The van der Waals surface area contributed by atoms with Gasteiger partial charge in [0.25, 0.3) is 0 Å². The van der Waals surface area contributed by atoms with Crippen LogP contribution in [0, 0.1) is 0 Å². The molecule has 0 saturated carbocycles. The van der Waals surface area contributed by atoms with Crippen molar-refractivity contribution in [3.8, 4) is 0 Å². The van der Waals surface area contributed by atoms with E-state index in [0.29, 0.717) is 11.2 Å². The Morgan fingerprint density at radius 1 is 1.56 bits per heavy atom. The smallest absolute Gasteiger partial charge is 0.313 e. The predicted octanol–water partition coefficient (Wildman–Crippen LogP) is 0.334. The van der Waals surface area contributed by atoms with Gasteiger partial charge >= 0.3 is 5.97 Å². The van der Waals surface area contributed by atoms with Gasteiger partial charge in [0.05, 0.1) is 12.3 Å². The number of hydrogen-bond acceptors (Lipinski definition) is 6. The molecule has 2 heterocycles. The summed E-state index contributed by atoms with van der Waals surface area (Å²) in [5, 5.41) is 20.7. The molecule has 2 rings (SSSR count). The fourth-order valence-electron chi connectivity index (χ4n) is 2.12. The number of carboxylic acid groups (broad SMARTS) is 1. The van der Waals surface area contributed by atoms with Gasteiger partial charge < -0.3 is 10.0 Å². The molecule has 100 valence electrons. The number of tetrazole rings is 1. The largest absolute Gasteiger partial charge is 0.481 e. The van der Waals surface area contributed by atoms with E-state index in [0.717, 1.165) is 31.3 Å². The van der Waals surface area contributed by atoms with E-state index in [-0.39, 0.29) is 5.75 Å². The Kier molecular flexibility index (Phi) is 4.54. The third-order valence-corrected chi connectivity index (χ3v) is 4.07. The van der Waals surface area contributed by atoms with Crippen molar-refractivity contribution in [2.24, 2.45) is 0 Å². The number of piperidine rings is 1. The molecule has 8 heteroatoms. The summed E-state index contributed by atoms with van der Waals surface area (Å²) in [6, 6.07) is 0.437. The van der Waals surface area contributed by atoms with E-state index in [9.17, 15) is 4.79 Å². The van der Waals surface area contributed by atoms with Crippen LogP contribution in [0.4, 0.5) is 0 Å². The number of aromatic nitrogens is 4. The Labute approximate surface area is 110 Å². The third-order valence-electron chi connectivity index (χ3n) is 3.13. The zero-order valence-corrected chi connectivity index (χ0v) is 11.1. The van der Waals surface area contributed by atoms with Gasteiger partial charge in [-0.2, -0.15) is 0 Å². The van der Waals surface area contributed by atoms with E-state index in [1.54, 1.807) is 4.68 Å². The van der Waals surface area contributed by atoms with E-state index >= 15 is 0 Å². The molecule has 1 atom stereocenters. The molecule has 0 amide bonds. The molecule has 0 aromatic carbocycles. The summed E-state index contributed by atoms with van der Waals surface area (Å²) in [6.07, 6.45) is 3.61. The second-order valence-electron chi connectivity index (χ2n) is 4.46. The zero-order chi connectivity index (χ0) is 13.0. The van der Waals surface area contributed by atoms with E-state index in [2.05, 4.69) is 27.5 Å². The van der Waals surface area contributed by atoms with Gasteiger partial charge in [-0.3, -0.25) is 4.79 Å². The Morgan fingerprint density at radius 2 is 2.39 bits per heavy atom. The molecule has 0 aliphatic carbocycles. The van der Waals surface area contributed by atoms with Crippen molar-refractivity contribution in [1.29, 1.82) is 0 Å². The molecule has 1 aliphatic heterocycles. The van der Waals surface area contributed by atoms with Crippen LogP contribution in [0.1, 0.15) is 19.3 Å². The van der Waals surface area contributed by atoms with Crippen LogP contribution in [0.5, 0.6) is 0 Å². The van der Waals surface area contributed by atoms with Gasteiger partial charge in [-0.15, -0.1) is 5.10 Å². The van der Waals surface area contributed by atoms with Gasteiger partial charge in [0.1, 0.15) is 0 Å². The normalized spacial score (nSPS) is 21.1. The minimum atomic E-state index is -0.857. The number of nitrogens with zero attached hydrogens (tertiary/aromatic N) is 5. The first-order valence-electron chi connectivity index (χ1n) is 5.98. The minimum absolute atomic E-state index is 0.0130. The van der Waals surface area contributed by atoms with Crippen LogP contribution in [-0.4, -0.2) is 61.6 Å². The van der Waals surface area contributed by atoms with Crippen LogP contribution in [0.3, 0.4) is 0 Å². The highest BCUT2D eigenvalue weighted by Crippen LogP contribution is 2.19. The van der Waals surface area contributed by atoms with Gasteiger partial charge in [-0.25, -0.2) is 4.68 Å². The van der Waals surface area contributed by atoms with Crippen molar-refractivity contribution in [1.82, 2.24) is 25.1 Å². The van der Waals surface area contributed by atoms with Crippen molar-refractivity contribution in [2.75, 3.05) is 19.3 Å². The van der Waals surface area contributed by atoms with Crippen LogP contribution in [0.2, 0.25) is 0 Å². The van der Waals surface area contributed by atoms with E-state index in [1.807, 2.05) is 0 Å². The number of hydrogen-bond donors (Lipinski definition) is 1. The highest BCUT2D eigenvalue weighted by molar-refractivity contribution is 7.99. The number of carboxylic acids is 1. The SMILES string of the molecule is CN1CCCCC1Cn1nnnc1SCC(=O)O. The number of likely N-dealkylation sites (tertiary alicyclic amines) is 1. The average Bonchev–Trinajstić information content (AvgIpc) is 2.77. The van der Waals surface area contributed by atoms with Crippen LogP contribution in [0.25, 0.3) is 0 Å². The van der Waals surface area contributed by atoms with Gasteiger partial charge in [-0.05, 0) is 36.9 Å². The predicted molar refractivity (Wildman–Crippen MR) is 66.4 cm³/mol. The molecule has 1 aromatic heterocycles. The lowest BCUT2D eigenvalue weighted by Crippen LogP contribution is -2.39. The lowest BCUT2D eigenvalue weighted by molar-refractivity contribution is -0.133. The summed E-state index contributed by atoms with van der Waals surface area (Å²) in [7, 11) is 2.11. The lowest BCUT2D eigenvalue weighted by atomic mass is 10.0. The van der Waals surface area contributed by atoms with Gasteiger partial charge in [0.2, 0.25) is 5.16 Å². The van der Waals surface area contributed by atoms with Crippen molar-refractivity contribution < 1.29 is 9.90 Å². The van der Waals surface area contributed by atoms with Crippen molar-refractivity contribution in [2.45, 2.75) is 37.0 Å². The van der Waals surface area contributed by atoms with Crippen LogP contribution >= 0.6 is 11.8 Å². The summed E-state index contributed by atoms with van der Waals surface area (Å²) in [6.45, 7) is 1.83. The summed E-state index contributed by atoms with van der Waals surface area (Å²) >= 11 is 1.16. The van der Waals surface area contributed by atoms with Gasteiger partial charge in [0.15, 0.2) is 0 Å². The highest BCUT2D eigenvalue weighted by atomic mass is 32.2. The van der Waals surface area contributed by atoms with Crippen molar-refractivity contribution in [3.63, 3.8) is 0 Å². The Morgan fingerprint density at radius 3 is 3.11 bits per heavy atom. The molecule has 1 saturated heterocycles. The second-order valence-corrected chi connectivity index (χ2v) is 5.40. The number of rotatable bonds is 5. The summed E-state index contributed by atoms with van der Waals surface area (Å²) < 4.78 is 1.71. The number of likely N-dealkylation sites (N-methyl/N-ethyl adjacent to an activating group) is 1. The highest BCUT2D eigenvalue weighted by Gasteiger charge is 2.21. The standard InChI is InChI=1S/C10H17N5O2S/c1-14-5-3-2-4-8(14)6-15-10(11-12-13-15)18-7-9(16)17/h8H,2-7H2,1H3,(H,16,17). The molecule has 1 unspecified atom stereocenters. The summed E-state index contributed by atoms with van der Waals surface area (Å²) in [5.74, 6) is -0.870. The fraction of sp³-hybridized carbons (Fsp3) is 0.800. The lowest BCUT2D eigenvalue weighted by Gasteiger charge is -2.32. The maximum Gasteiger partial charge on any atom is 0.313 e. The van der Waals surface area contributed by atoms with Crippen LogP contribution in [-0.2, 0) is 11.3 Å². The van der Waals surface area contributed by atoms with E-state index in [1.165, 1.54) is 12.8 Å². The van der Waals surface area contributed by atoms with E-state index < -0.39 is 5.97 Å². The number of aliphatic carboxylic acids is 1. The van der Waals surface area contributed by atoms with Gasteiger partial charge in [0, 0.05) is 6.04 Å². The molecule has 1 N–H and O–H groups in total. The molecular weight excluding hydrogens is 254 g/mol. The zero-order valence-electron chi connectivity index (χ0n) is 10.3.